The highest BCUT2D eigenvalue weighted by Crippen LogP contribution is 2.40. The fourth-order valence-corrected chi connectivity index (χ4v) is 5.45. The van der Waals surface area contributed by atoms with Crippen LogP contribution in [0.5, 0.6) is 5.88 Å². The molecule has 4 aromatic rings. The summed E-state index contributed by atoms with van der Waals surface area (Å²) >= 11 is 1.45. The minimum Gasteiger partial charge on any atom is -0.474 e. The molecular weight excluding hydrogens is 560 g/mol. The Kier molecular flexibility index (Phi) is 7.88. The Balaban J connectivity index is 1.47. The summed E-state index contributed by atoms with van der Waals surface area (Å²) in [6, 6.07) is 3.23. The molecule has 0 aliphatic carbocycles. The largest absolute Gasteiger partial charge is 0.474 e. The molecule has 0 bridgehead atoms. The number of aryl methyl sites for hydroxylation is 1. The number of nitrogens with zero attached hydrogens (tertiary/aromatic N) is 6. The molecule has 216 valence electrons. The number of carbonyl (C=O) groups is 2. The maximum absolute atomic E-state index is 12.3. The number of ether oxygens (including phenoxy) is 3. The van der Waals surface area contributed by atoms with Crippen molar-refractivity contribution >= 4 is 35.1 Å². The fourth-order valence-electron chi connectivity index (χ4n) is 4.59. The van der Waals surface area contributed by atoms with Gasteiger partial charge < -0.3 is 19.5 Å². The monoisotopic (exact) mass is 588 g/mol. The average Bonchev–Trinajstić information content (AvgIpc) is 3.75. The smallest absolute Gasteiger partial charge is 0.334 e. The van der Waals surface area contributed by atoms with Gasteiger partial charge in [0, 0.05) is 72.7 Å². The Morgan fingerprint density at radius 3 is 2.71 bits per heavy atom. The Labute approximate surface area is 245 Å². The third-order valence-electron chi connectivity index (χ3n) is 6.62. The highest BCUT2D eigenvalue weighted by Gasteiger charge is 2.25. The molecular formula is C28H28N8O5S. The maximum Gasteiger partial charge on any atom is 0.334 e. The lowest BCUT2D eigenvalue weighted by atomic mass is 10.0. The normalized spacial score (nSPS) is 15.3. The van der Waals surface area contributed by atoms with Crippen LogP contribution in [-0.4, -0.2) is 75.0 Å². The summed E-state index contributed by atoms with van der Waals surface area (Å²) in [6.45, 7) is 3.47. The van der Waals surface area contributed by atoms with Crippen molar-refractivity contribution in [1.82, 2.24) is 30.0 Å². The van der Waals surface area contributed by atoms with E-state index in [4.69, 9.17) is 19.2 Å². The number of rotatable bonds is 8. The number of esters is 1. The second-order valence-corrected chi connectivity index (χ2v) is 10.5. The van der Waals surface area contributed by atoms with Crippen LogP contribution in [-0.2, 0) is 21.3 Å². The molecule has 6 heterocycles. The van der Waals surface area contributed by atoms with Gasteiger partial charge in [-0.15, -0.1) is 11.3 Å². The van der Waals surface area contributed by atoms with Crippen LogP contribution in [0.3, 0.4) is 0 Å². The van der Waals surface area contributed by atoms with Crippen molar-refractivity contribution in [3.05, 3.63) is 47.9 Å². The SMILES string of the molecule is CCNC(=O)Nc1cc(-c2nc(-c3cnn(C)c3)cs2)c(-c2cc(C3=NCC(=O)O3)cnc2OC2CCOCC2)cn1. The first-order valence-corrected chi connectivity index (χ1v) is 14.3. The van der Waals surface area contributed by atoms with E-state index in [0.717, 1.165) is 24.1 Å². The number of thiazole rings is 1. The standard InChI is InChI=1S/C28H28N8O5S/c1-3-29-28(38)35-23-9-20(27-34-22(15-42-27)17-11-33-36(2)14-17)21(12-30-23)19-8-16(25-32-13-24(37)41-25)10-31-26(19)40-18-4-6-39-7-5-18/h8-12,14-15,18H,3-7,13H2,1-2H3,(H2,29,30,35,38). The van der Waals surface area contributed by atoms with Crippen LogP contribution in [0.15, 0.2) is 47.3 Å². The van der Waals surface area contributed by atoms with Crippen LogP contribution in [0, 0.1) is 0 Å². The Bertz CT molecular complexity index is 1660. The predicted octanol–water partition coefficient (Wildman–Crippen LogP) is 3.67. The molecule has 2 amide bonds. The van der Waals surface area contributed by atoms with E-state index in [9.17, 15) is 9.59 Å². The van der Waals surface area contributed by atoms with E-state index < -0.39 is 5.97 Å². The summed E-state index contributed by atoms with van der Waals surface area (Å²) in [5.41, 5.74) is 4.17. The lowest BCUT2D eigenvalue weighted by molar-refractivity contribution is -0.132. The van der Waals surface area contributed by atoms with Gasteiger partial charge in [-0.05, 0) is 19.1 Å². The van der Waals surface area contributed by atoms with E-state index in [0.29, 0.717) is 58.7 Å². The molecule has 13 nitrogen and oxygen atoms in total. The fraction of sp³-hybridized carbons (Fsp3) is 0.321. The number of anilines is 1. The molecule has 1 saturated heterocycles. The molecule has 0 unspecified atom stereocenters. The van der Waals surface area contributed by atoms with Crippen molar-refractivity contribution in [3.8, 4) is 38.8 Å². The van der Waals surface area contributed by atoms with Gasteiger partial charge in [-0.3, -0.25) is 10.00 Å². The van der Waals surface area contributed by atoms with Crippen LogP contribution in [0.25, 0.3) is 33.0 Å². The van der Waals surface area contributed by atoms with Crippen LogP contribution in [0.4, 0.5) is 10.6 Å². The predicted molar refractivity (Wildman–Crippen MR) is 155 cm³/mol. The zero-order valence-electron chi connectivity index (χ0n) is 23.0. The van der Waals surface area contributed by atoms with Gasteiger partial charge in [0.2, 0.25) is 11.8 Å². The Morgan fingerprint density at radius 1 is 1.12 bits per heavy atom. The van der Waals surface area contributed by atoms with E-state index in [1.54, 1.807) is 29.3 Å². The summed E-state index contributed by atoms with van der Waals surface area (Å²) in [4.78, 5) is 42.4. The maximum atomic E-state index is 12.3. The molecule has 6 rings (SSSR count). The van der Waals surface area contributed by atoms with Gasteiger partial charge in [0.1, 0.15) is 23.5 Å². The van der Waals surface area contributed by atoms with Crippen molar-refractivity contribution in [3.63, 3.8) is 0 Å². The highest BCUT2D eigenvalue weighted by molar-refractivity contribution is 7.13. The van der Waals surface area contributed by atoms with E-state index in [2.05, 4.69) is 30.7 Å². The van der Waals surface area contributed by atoms with Crippen molar-refractivity contribution in [2.45, 2.75) is 25.9 Å². The highest BCUT2D eigenvalue weighted by atomic mass is 32.1. The van der Waals surface area contributed by atoms with E-state index in [1.807, 2.05) is 31.6 Å². The lowest BCUT2D eigenvalue weighted by Crippen LogP contribution is -2.28. The number of hydrogen-bond donors (Lipinski definition) is 2. The van der Waals surface area contributed by atoms with Gasteiger partial charge in [-0.1, -0.05) is 0 Å². The van der Waals surface area contributed by atoms with Gasteiger partial charge in [0.05, 0.1) is 30.7 Å². The molecule has 14 heteroatoms. The van der Waals surface area contributed by atoms with E-state index in [-0.39, 0.29) is 24.6 Å². The minimum atomic E-state index is -0.428. The number of carbonyl (C=O) groups excluding carboxylic acids is 2. The summed E-state index contributed by atoms with van der Waals surface area (Å²) < 4.78 is 18.9. The third kappa shape index (κ3) is 5.99. The van der Waals surface area contributed by atoms with E-state index >= 15 is 0 Å². The topological polar surface area (TPSA) is 155 Å². The number of pyridine rings is 2. The summed E-state index contributed by atoms with van der Waals surface area (Å²) in [5.74, 6) is 0.515. The quantitative estimate of drug-likeness (QED) is 0.293. The first kappa shape index (κ1) is 27.5. The molecule has 2 aliphatic heterocycles. The number of hydrogen-bond acceptors (Lipinski definition) is 11. The molecule has 42 heavy (non-hydrogen) atoms. The average molecular weight is 589 g/mol. The van der Waals surface area contributed by atoms with Crippen LogP contribution < -0.4 is 15.4 Å². The Morgan fingerprint density at radius 2 is 1.98 bits per heavy atom. The minimum absolute atomic E-state index is 0.0474. The number of cyclic esters (lactones) is 1. The van der Waals surface area contributed by atoms with Gasteiger partial charge in [-0.2, -0.15) is 5.10 Å². The third-order valence-corrected chi connectivity index (χ3v) is 7.49. The van der Waals surface area contributed by atoms with Crippen molar-refractivity contribution in [2.24, 2.45) is 12.0 Å². The van der Waals surface area contributed by atoms with Gasteiger partial charge >= 0.3 is 12.0 Å². The first-order chi connectivity index (χ1) is 20.5. The number of aromatic nitrogens is 5. The zero-order chi connectivity index (χ0) is 29.1. The van der Waals surface area contributed by atoms with Crippen LogP contribution >= 0.6 is 11.3 Å². The summed E-state index contributed by atoms with van der Waals surface area (Å²) in [6.07, 6.45) is 8.27. The lowest BCUT2D eigenvalue weighted by Gasteiger charge is -2.24. The van der Waals surface area contributed by atoms with Gasteiger partial charge in [0.25, 0.3) is 0 Å². The second kappa shape index (κ2) is 12.0. The summed E-state index contributed by atoms with van der Waals surface area (Å²) in [7, 11) is 1.85. The number of amides is 2. The molecule has 0 saturated carbocycles. The Hall–Kier alpha value is -4.69. The van der Waals surface area contributed by atoms with E-state index in [1.165, 1.54) is 11.3 Å². The molecule has 0 radical (unpaired) electrons. The first-order valence-electron chi connectivity index (χ1n) is 13.5. The number of nitrogens with one attached hydrogen (secondary N) is 2. The molecule has 0 atom stereocenters. The second-order valence-electron chi connectivity index (χ2n) is 9.64. The van der Waals surface area contributed by atoms with Crippen molar-refractivity contribution in [2.75, 3.05) is 31.6 Å². The molecule has 2 aliphatic rings. The van der Waals surface area contributed by atoms with Gasteiger partial charge in [0.15, 0.2) is 0 Å². The zero-order valence-corrected chi connectivity index (χ0v) is 23.8. The van der Waals surface area contributed by atoms with Crippen molar-refractivity contribution in [1.29, 1.82) is 0 Å². The van der Waals surface area contributed by atoms with Crippen molar-refractivity contribution < 1.29 is 23.8 Å². The molecule has 0 spiro atoms. The molecule has 0 aromatic carbocycles. The van der Waals surface area contributed by atoms with Crippen LogP contribution in [0.2, 0.25) is 0 Å². The van der Waals surface area contributed by atoms with Crippen LogP contribution in [0.1, 0.15) is 25.3 Å². The number of urea groups is 1. The molecule has 1 fully saturated rings. The summed E-state index contributed by atoms with van der Waals surface area (Å²) in [5, 5.41) is 12.4. The van der Waals surface area contributed by atoms with Gasteiger partial charge in [-0.25, -0.2) is 29.5 Å². The number of aliphatic imine (C=N–C) groups is 1. The molecule has 2 N–H and O–H groups in total. The molecule has 4 aromatic heterocycles.